The van der Waals surface area contributed by atoms with Gasteiger partial charge in [-0.25, -0.2) is 19.2 Å². The highest BCUT2D eigenvalue weighted by molar-refractivity contribution is 5.98. The molecule has 4 N–H and O–H groups in total. The van der Waals surface area contributed by atoms with Gasteiger partial charge in [-0.05, 0) is 71.1 Å². The van der Waals surface area contributed by atoms with E-state index in [1.165, 1.54) is 36.4 Å². The van der Waals surface area contributed by atoms with Gasteiger partial charge in [0.15, 0.2) is 0 Å². The van der Waals surface area contributed by atoms with E-state index in [1.807, 2.05) is 0 Å². The van der Waals surface area contributed by atoms with Crippen LogP contribution < -0.4 is 0 Å². The second-order valence-corrected chi connectivity index (χ2v) is 6.62. The highest BCUT2D eigenvalue weighted by Gasteiger charge is 2.26. The molecule has 0 atom stereocenters. The Hall–Kier alpha value is -4.20. The molecule has 0 saturated carbocycles. The van der Waals surface area contributed by atoms with Crippen LogP contribution >= 0.6 is 0 Å². The third kappa shape index (κ3) is 3.97. The monoisotopic (exact) mass is 408 g/mol. The Morgan fingerprint density at radius 3 is 1.17 bits per heavy atom. The molecule has 0 unspecified atom stereocenters. The van der Waals surface area contributed by atoms with Crippen LogP contribution in [-0.2, 0) is 12.8 Å². The molecule has 0 radical (unpaired) electrons. The van der Waals surface area contributed by atoms with Crippen molar-refractivity contribution < 1.29 is 39.6 Å². The molecule has 0 amide bonds. The Bertz CT molecular complexity index is 1110. The van der Waals surface area contributed by atoms with Crippen LogP contribution in [0.15, 0.2) is 48.5 Å². The summed E-state index contributed by atoms with van der Waals surface area (Å²) in [6.45, 7) is 0. The van der Waals surface area contributed by atoms with Crippen LogP contribution in [0.3, 0.4) is 0 Å². The molecule has 0 aliphatic heterocycles. The molecule has 152 valence electrons. The lowest BCUT2D eigenvalue weighted by atomic mass is 9.81. The van der Waals surface area contributed by atoms with Gasteiger partial charge < -0.3 is 20.4 Å². The van der Waals surface area contributed by atoms with Gasteiger partial charge in [0.1, 0.15) is 0 Å². The molecule has 0 fully saturated rings. The smallest absolute Gasteiger partial charge is 0.335 e. The van der Waals surface area contributed by atoms with Gasteiger partial charge in [0.05, 0.1) is 22.3 Å². The van der Waals surface area contributed by atoms with Gasteiger partial charge in [-0.15, -0.1) is 0 Å². The predicted molar refractivity (Wildman–Crippen MR) is 106 cm³/mol. The van der Waals surface area contributed by atoms with Crippen LogP contribution in [0.1, 0.15) is 52.6 Å². The SMILES string of the molecule is O=C(O)c1ccc(C(=O)O)c2c1CC2.O=C(O)c1ccc2cc(C(=O)O)ccc2c1. The topological polar surface area (TPSA) is 149 Å². The number of carboxylic acids is 4. The Labute approximate surface area is 169 Å². The molecule has 30 heavy (non-hydrogen) atoms. The zero-order valence-electron chi connectivity index (χ0n) is 15.5. The summed E-state index contributed by atoms with van der Waals surface area (Å²) in [6.07, 6.45) is 1.33. The maximum Gasteiger partial charge on any atom is 0.335 e. The molecule has 3 aromatic carbocycles. The van der Waals surface area contributed by atoms with Gasteiger partial charge in [-0.1, -0.05) is 12.1 Å². The van der Waals surface area contributed by atoms with Gasteiger partial charge >= 0.3 is 23.9 Å². The first-order valence-electron chi connectivity index (χ1n) is 8.80. The van der Waals surface area contributed by atoms with Crippen molar-refractivity contribution >= 4 is 34.6 Å². The summed E-state index contributed by atoms with van der Waals surface area (Å²) in [5, 5.41) is 36.6. The van der Waals surface area contributed by atoms with Crippen LogP contribution in [0.5, 0.6) is 0 Å². The standard InChI is InChI=1S/C12H8O4.C10H8O4/c13-11(14)9-3-1-7-5-10(12(15)16)4-2-8(7)6-9;11-9(12)7-3-4-8(10(13)14)6-2-1-5(6)7/h1-6H,(H,13,14)(H,15,16);3-4H,1-2H2,(H,11,12)(H,13,14). The van der Waals surface area contributed by atoms with Crippen molar-refractivity contribution in [1.82, 2.24) is 0 Å². The Kier molecular flexibility index (Phi) is 5.50. The van der Waals surface area contributed by atoms with E-state index in [4.69, 9.17) is 20.4 Å². The van der Waals surface area contributed by atoms with Crippen molar-refractivity contribution in [3.05, 3.63) is 81.9 Å². The van der Waals surface area contributed by atoms with Gasteiger partial charge in [-0.2, -0.15) is 0 Å². The zero-order chi connectivity index (χ0) is 22.0. The Balaban J connectivity index is 0.000000172. The van der Waals surface area contributed by atoms with Crippen LogP contribution in [0, 0.1) is 0 Å². The largest absolute Gasteiger partial charge is 0.478 e. The van der Waals surface area contributed by atoms with E-state index in [2.05, 4.69) is 0 Å². The first kappa shape index (κ1) is 20.5. The lowest BCUT2D eigenvalue weighted by Crippen LogP contribution is -2.19. The van der Waals surface area contributed by atoms with Crippen molar-refractivity contribution in [2.45, 2.75) is 12.8 Å². The fourth-order valence-corrected chi connectivity index (χ4v) is 3.25. The van der Waals surface area contributed by atoms with Gasteiger partial charge in [-0.3, -0.25) is 0 Å². The zero-order valence-corrected chi connectivity index (χ0v) is 15.5. The fourth-order valence-electron chi connectivity index (χ4n) is 3.25. The summed E-state index contributed by atoms with van der Waals surface area (Å²) in [5.74, 6) is -3.97. The molecule has 1 aliphatic carbocycles. The third-order valence-electron chi connectivity index (χ3n) is 4.85. The first-order chi connectivity index (χ1) is 14.2. The predicted octanol–water partition coefficient (Wildman–Crippen LogP) is 3.42. The molecule has 1 aliphatic rings. The lowest BCUT2D eigenvalue weighted by Gasteiger charge is -2.22. The second kappa shape index (κ2) is 8.04. The Morgan fingerprint density at radius 2 is 0.900 bits per heavy atom. The summed E-state index contributed by atoms with van der Waals surface area (Å²) in [6, 6.07) is 11.9. The van der Waals surface area contributed by atoms with E-state index < -0.39 is 23.9 Å². The number of fused-ring (bicyclic) bond motifs is 2. The number of carboxylic acid groups (broad SMARTS) is 4. The lowest BCUT2D eigenvalue weighted by molar-refractivity contribution is 0.0677. The third-order valence-corrected chi connectivity index (χ3v) is 4.85. The summed E-state index contributed by atoms with van der Waals surface area (Å²) in [4.78, 5) is 42.9. The fraction of sp³-hybridized carbons (Fsp3) is 0.0909. The number of hydrogen-bond donors (Lipinski definition) is 4. The van der Waals surface area contributed by atoms with E-state index >= 15 is 0 Å². The van der Waals surface area contributed by atoms with E-state index in [0.29, 0.717) is 34.7 Å². The van der Waals surface area contributed by atoms with Gasteiger partial charge in [0.25, 0.3) is 0 Å². The van der Waals surface area contributed by atoms with Crippen LogP contribution in [0.2, 0.25) is 0 Å². The van der Waals surface area contributed by atoms with Gasteiger partial charge in [0.2, 0.25) is 0 Å². The normalized spacial score (nSPS) is 11.5. The minimum absolute atomic E-state index is 0.190. The number of carbonyl (C=O) groups is 4. The molecule has 0 bridgehead atoms. The van der Waals surface area contributed by atoms with Crippen molar-refractivity contribution in [3.63, 3.8) is 0 Å². The summed E-state index contributed by atoms with van der Waals surface area (Å²) in [7, 11) is 0. The minimum Gasteiger partial charge on any atom is -0.478 e. The summed E-state index contributed by atoms with van der Waals surface area (Å²) in [5.41, 5.74) is 2.20. The van der Waals surface area contributed by atoms with Crippen molar-refractivity contribution in [2.24, 2.45) is 0 Å². The number of aromatic carboxylic acids is 4. The molecule has 0 aromatic heterocycles. The first-order valence-corrected chi connectivity index (χ1v) is 8.80. The van der Waals surface area contributed by atoms with Gasteiger partial charge in [0, 0.05) is 0 Å². The molecule has 0 saturated heterocycles. The molecule has 8 nitrogen and oxygen atoms in total. The molecule has 8 heteroatoms. The Morgan fingerprint density at radius 1 is 0.533 bits per heavy atom. The second-order valence-electron chi connectivity index (χ2n) is 6.62. The average molecular weight is 408 g/mol. The van der Waals surface area contributed by atoms with Crippen molar-refractivity contribution in [3.8, 4) is 0 Å². The maximum atomic E-state index is 10.7. The molecule has 0 heterocycles. The maximum absolute atomic E-state index is 10.7. The summed E-state index contributed by atoms with van der Waals surface area (Å²) >= 11 is 0. The summed E-state index contributed by atoms with van der Waals surface area (Å²) < 4.78 is 0. The molecule has 0 spiro atoms. The van der Waals surface area contributed by atoms with Crippen LogP contribution in [0.25, 0.3) is 10.8 Å². The number of benzene rings is 3. The number of hydrogen-bond acceptors (Lipinski definition) is 4. The quantitative estimate of drug-likeness (QED) is 0.513. The minimum atomic E-state index is -0.996. The number of rotatable bonds is 4. The molecular formula is C22H16O8. The highest BCUT2D eigenvalue weighted by atomic mass is 16.4. The highest BCUT2D eigenvalue weighted by Crippen LogP contribution is 2.30. The molecule has 4 rings (SSSR count). The molecular weight excluding hydrogens is 392 g/mol. The van der Waals surface area contributed by atoms with E-state index in [9.17, 15) is 19.2 Å². The van der Waals surface area contributed by atoms with E-state index in [1.54, 1.807) is 12.1 Å². The van der Waals surface area contributed by atoms with E-state index in [0.717, 1.165) is 0 Å². The molecule has 3 aromatic rings. The van der Waals surface area contributed by atoms with Crippen LogP contribution in [-0.4, -0.2) is 44.3 Å². The van der Waals surface area contributed by atoms with Crippen molar-refractivity contribution in [2.75, 3.05) is 0 Å². The van der Waals surface area contributed by atoms with Crippen molar-refractivity contribution in [1.29, 1.82) is 0 Å². The average Bonchev–Trinajstić information content (AvgIpc) is 2.67. The van der Waals surface area contributed by atoms with Crippen LogP contribution in [0.4, 0.5) is 0 Å². The van der Waals surface area contributed by atoms with E-state index in [-0.39, 0.29) is 22.3 Å².